The lowest BCUT2D eigenvalue weighted by atomic mass is 9.98. The van der Waals surface area contributed by atoms with Crippen LogP contribution in [0.4, 0.5) is 5.69 Å². The number of carbonyl (C=O) groups is 4. The van der Waals surface area contributed by atoms with Crippen LogP contribution in [0.5, 0.6) is 0 Å². The zero-order chi connectivity index (χ0) is 25.5. The first-order valence-electron chi connectivity index (χ1n) is 11.3. The summed E-state index contributed by atoms with van der Waals surface area (Å²) in [4.78, 5) is 51.6. The molecule has 0 heterocycles. The second-order valence-electron chi connectivity index (χ2n) is 8.02. The Morgan fingerprint density at radius 2 is 1.03 bits per heavy atom. The van der Waals surface area contributed by atoms with Gasteiger partial charge >= 0.3 is 5.97 Å². The molecule has 0 aliphatic heterocycles. The Morgan fingerprint density at radius 3 is 1.61 bits per heavy atom. The molecular formula is C30H23NO5. The largest absolute Gasteiger partial charge is 0.449 e. The number of anilines is 1. The Balaban J connectivity index is 1.49. The maximum absolute atomic E-state index is 12.9. The maximum Gasteiger partial charge on any atom is 0.339 e. The van der Waals surface area contributed by atoms with Crippen molar-refractivity contribution in [3.63, 3.8) is 0 Å². The van der Waals surface area contributed by atoms with E-state index in [-0.39, 0.29) is 22.7 Å². The molecule has 6 heteroatoms. The molecule has 0 aliphatic rings. The Morgan fingerprint density at radius 1 is 0.583 bits per heavy atom. The lowest BCUT2D eigenvalue weighted by Crippen LogP contribution is -2.31. The third kappa shape index (κ3) is 5.45. The van der Waals surface area contributed by atoms with Gasteiger partial charge in [-0.3, -0.25) is 14.4 Å². The molecule has 0 aromatic heterocycles. The lowest BCUT2D eigenvalue weighted by molar-refractivity contribution is -0.123. The minimum Gasteiger partial charge on any atom is -0.449 e. The summed E-state index contributed by atoms with van der Waals surface area (Å²) < 4.78 is 5.39. The highest BCUT2D eigenvalue weighted by Gasteiger charge is 2.24. The summed E-state index contributed by atoms with van der Waals surface area (Å²) in [6.45, 7) is 1.43. The summed E-state index contributed by atoms with van der Waals surface area (Å²) in [6.07, 6.45) is -1.18. The van der Waals surface area contributed by atoms with Crippen molar-refractivity contribution in [3.8, 4) is 0 Å². The first-order valence-corrected chi connectivity index (χ1v) is 11.3. The van der Waals surface area contributed by atoms with Crippen LogP contribution in [0.15, 0.2) is 109 Å². The van der Waals surface area contributed by atoms with E-state index < -0.39 is 18.0 Å². The summed E-state index contributed by atoms with van der Waals surface area (Å²) in [6, 6.07) is 30.2. The molecule has 4 aromatic carbocycles. The van der Waals surface area contributed by atoms with Crippen LogP contribution >= 0.6 is 0 Å². The van der Waals surface area contributed by atoms with E-state index in [1.807, 2.05) is 6.07 Å². The molecule has 1 unspecified atom stereocenters. The van der Waals surface area contributed by atoms with E-state index >= 15 is 0 Å². The molecule has 0 saturated heterocycles. The molecule has 0 saturated carbocycles. The van der Waals surface area contributed by atoms with Crippen LogP contribution in [0.1, 0.15) is 49.1 Å². The Bertz CT molecular complexity index is 1410. The van der Waals surface area contributed by atoms with Gasteiger partial charge in [-0.15, -0.1) is 0 Å². The molecule has 178 valence electrons. The number of hydrogen-bond donors (Lipinski definition) is 1. The monoisotopic (exact) mass is 477 g/mol. The van der Waals surface area contributed by atoms with Crippen LogP contribution in [-0.4, -0.2) is 29.5 Å². The molecule has 36 heavy (non-hydrogen) atoms. The fraction of sp³-hybridized carbons (Fsp3) is 0.0667. The molecule has 0 bridgehead atoms. The Labute approximate surface area is 208 Å². The topological polar surface area (TPSA) is 89.5 Å². The summed E-state index contributed by atoms with van der Waals surface area (Å²) in [5.74, 6) is -1.98. The molecule has 6 nitrogen and oxygen atoms in total. The number of hydrogen-bond acceptors (Lipinski definition) is 5. The number of para-hydroxylation sites is 1. The van der Waals surface area contributed by atoms with Gasteiger partial charge in [-0.05, 0) is 25.1 Å². The number of carbonyl (C=O) groups excluding carboxylic acids is 4. The van der Waals surface area contributed by atoms with Crippen molar-refractivity contribution >= 4 is 29.1 Å². The van der Waals surface area contributed by atoms with E-state index in [4.69, 9.17) is 4.74 Å². The second-order valence-corrected chi connectivity index (χ2v) is 8.02. The third-order valence-electron chi connectivity index (χ3n) is 5.55. The fourth-order valence-electron chi connectivity index (χ4n) is 3.65. The van der Waals surface area contributed by atoms with Crippen molar-refractivity contribution in [2.24, 2.45) is 0 Å². The van der Waals surface area contributed by atoms with Gasteiger partial charge in [0.05, 0.1) is 11.3 Å². The van der Waals surface area contributed by atoms with Gasteiger partial charge in [0, 0.05) is 22.3 Å². The predicted octanol–water partition coefficient (Wildman–Crippen LogP) is 5.33. The van der Waals surface area contributed by atoms with Gasteiger partial charge in [0.1, 0.15) is 0 Å². The van der Waals surface area contributed by atoms with Gasteiger partial charge < -0.3 is 10.1 Å². The number of nitrogens with one attached hydrogen (secondary N) is 1. The van der Waals surface area contributed by atoms with Crippen molar-refractivity contribution in [1.29, 1.82) is 0 Å². The molecule has 4 aromatic rings. The van der Waals surface area contributed by atoms with Gasteiger partial charge in [-0.25, -0.2) is 4.79 Å². The van der Waals surface area contributed by atoms with Crippen molar-refractivity contribution < 1.29 is 23.9 Å². The Hall–Kier alpha value is -4.84. The predicted molar refractivity (Wildman–Crippen MR) is 136 cm³/mol. The third-order valence-corrected chi connectivity index (χ3v) is 5.55. The summed E-state index contributed by atoms with van der Waals surface area (Å²) in [7, 11) is 0. The SMILES string of the molecule is CC(OC(=O)c1ccccc1C(=O)c1ccccc1)C(=O)Nc1ccccc1C(=O)c1ccccc1. The number of rotatable bonds is 8. The molecule has 4 rings (SSSR count). The first-order chi connectivity index (χ1) is 17.5. The van der Waals surface area contributed by atoms with Crippen LogP contribution in [0.25, 0.3) is 0 Å². The van der Waals surface area contributed by atoms with Gasteiger partial charge in [0.2, 0.25) is 0 Å². The van der Waals surface area contributed by atoms with E-state index in [0.29, 0.717) is 22.4 Å². The fourth-order valence-corrected chi connectivity index (χ4v) is 3.65. The van der Waals surface area contributed by atoms with Crippen LogP contribution in [0.2, 0.25) is 0 Å². The zero-order valence-corrected chi connectivity index (χ0v) is 19.5. The molecule has 1 amide bonds. The van der Waals surface area contributed by atoms with Gasteiger partial charge in [0.15, 0.2) is 17.7 Å². The number of ketones is 2. The van der Waals surface area contributed by atoms with E-state index in [1.54, 1.807) is 97.1 Å². The van der Waals surface area contributed by atoms with Crippen molar-refractivity contribution in [3.05, 3.63) is 137 Å². The van der Waals surface area contributed by atoms with Gasteiger partial charge in [-0.1, -0.05) is 91.0 Å². The van der Waals surface area contributed by atoms with Gasteiger partial charge in [0.25, 0.3) is 5.91 Å². The average Bonchev–Trinajstić information content (AvgIpc) is 2.93. The molecule has 1 atom stereocenters. The molecule has 0 aliphatic carbocycles. The molecular weight excluding hydrogens is 454 g/mol. The van der Waals surface area contributed by atoms with E-state index in [1.165, 1.54) is 13.0 Å². The lowest BCUT2D eigenvalue weighted by Gasteiger charge is -2.16. The average molecular weight is 478 g/mol. The zero-order valence-electron chi connectivity index (χ0n) is 19.5. The number of esters is 1. The summed E-state index contributed by atoms with van der Waals surface area (Å²) >= 11 is 0. The molecule has 1 N–H and O–H groups in total. The standard InChI is InChI=1S/C30H23NO5/c1-20(29(34)31-26-19-11-10-18-25(26)28(33)22-14-6-3-7-15-22)36-30(35)24-17-9-8-16-23(24)27(32)21-12-4-2-5-13-21/h2-20H,1H3,(H,31,34). The minimum atomic E-state index is -1.18. The van der Waals surface area contributed by atoms with E-state index in [0.717, 1.165) is 0 Å². The van der Waals surface area contributed by atoms with E-state index in [2.05, 4.69) is 5.32 Å². The van der Waals surface area contributed by atoms with E-state index in [9.17, 15) is 19.2 Å². The summed E-state index contributed by atoms with van der Waals surface area (Å²) in [5, 5.41) is 2.68. The molecule has 0 radical (unpaired) electrons. The van der Waals surface area contributed by atoms with Crippen LogP contribution in [0, 0.1) is 0 Å². The smallest absolute Gasteiger partial charge is 0.339 e. The van der Waals surface area contributed by atoms with Crippen LogP contribution in [0.3, 0.4) is 0 Å². The normalized spacial score (nSPS) is 11.2. The quantitative estimate of drug-likeness (QED) is 0.274. The highest BCUT2D eigenvalue weighted by Crippen LogP contribution is 2.21. The maximum atomic E-state index is 12.9. The molecule has 0 fully saturated rings. The second kappa shape index (κ2) is 11.1. The van der Waals surface area contributed by atoms with Crippen LogP contribution in [-0.2, 0) is 9.53 Å². The van der Waals surface area contributed by atoms with Crippen molar-refractivity contribution in [2.45, 2.75) is 13.0 Å². The number of ether oxygens (including phenoxy) is 1. The van der Waals surface area contributed by atoms with Crippen LogP contribution < -0.4 is 5.32 Å². The minimum absolute atomic E-state index is 0.0608. The summed E-state index contributed by atoms with van der Waals surface area (Å²) in [5.41, 5.74) is 1.78. The number of amides is 1. The van der Waals surface area contributed by atoms with Crippen molar-refractivity contribution in [1.82, 2.24) is 0 Å². The highest BCUT2D eigenvalue weighted by atomic mass is 16.5. The first kappa shape index (κ1) is 24.3. The molecule has 0 spiro atoms. The number of benzene rings is 4. The van der Waals surface area contributed by atoms with Crippen molar-refractivity contribution in [2.75, 3.05) is 5.32 Å². The highest BCUT2D eigenvalue weighted by molar-refractivity contribution is 6.15. The Kier molecular flexibility index (Phi) is 7.46. The van der Waals surface area contributed by atoms with Gasteiger partial charge in [-0.2, -0.15) is 0 Å².